The van der Waals surface area contributed by atoms with Gasteiger partial charge in [0, 0.05) is 0 Å². The third kappa shape index (κ3) is 2.35. The molecular formula is C13H16O3. The quantitative estimate of drug-likeness (QED) is 0.731. The molecule has 0 amide bonds. The molecule has 0 aliphatic heterocycles. The van der Waals surface area contributed by atoms with E-state index in [-0.39, 0.29) is 11.6 Å². The number of methoxy groups -OCH3 is 1. The minimum atomic E-state index is -0.325. The normalized spacial score (nSPS) is 17.3. The fraction of sp³-hybridized carbons (Fsp3) is 0.462. The number of rotatable bonds is 4. The van der Waals surface area contributed by atoms with Crippen LogP contribution >= 0.6 is 0 Å². The Labute approximate surface area is 95.4 Å². The number of ether oxygens (including phenoxy) is 2. The molecule has 2 rings (SSSR count). The molecule has 0 unspecified atom stereocenters. The SMILES string of the molecule is COC(=O)CC1(Oc2ccccc2)CCC1. The fourth-order valence-corrected chi connectivity index (χ4v) is 1.96. The summed E-state index contributed by atoms with van der Waals surface area (Å²) in [6, 6.07) is 9.63. The Morgan fingerprint density at radius 1 is 1.31 bits per heavy atom. The summed E-state index contributed by atoms with van der Waals surface area (Å²) in [5, 5.41) is 0. The monoisotopic (exact) mass is 220 g/mol. The van der Waals surface area contributed by atoms with Crippen molar-refractivity contribution < 1.29 is 14.3 Å². The van der Waals surface area contributed by atoms with Crippen LogP contribution in [0.1, 0.15) is 25.7 Å². The van der Waals surface area contributed by atoms with Crippen LogP contribution < -0.4 is 4.74 Å². The molecule has 0 saturated heterocycles. The molecule has 1 aliphatic rings. The Hall–Kier alpha value is -1.51. The first-order valence-electron chi connectivity index (χ1n) is 5.55. The third-order valence-corrected chi connectivity index (χ3v) is 3.04. The van der Waals surface area contributed by atoms with Crippen molar-refractivity contribution in [2.45, 2.75) is 31.3 Å². The lowest BCUT2D eigenvalue weighted by molar-refractivity contribution is -0.148. The first-order chi connectivity index (χ1) is 7.74. The van der Waals surface area contributed by atoms with Crippen LogP contribution in [-0.4, -0.2) is 18.7 Å². The second kappa shape index (κ2) is 4.56. The average molecular weight is 220 g/mol. The van der Waals surface area contributed by atoms with Gasteiger partial charge >= 0.3 is 5.97 Å². The molecule has 16 heavy (non-hydrogen) atoms. The number of carbonyl (C=O) groups is 1. The van der Waals surface area contributed by atoms with Crippen LogP contribution in [0.15, 0.2) is 30.3 Å². The van der Waals surface area contributed by atoms with E-state index in [4.69, 9.17) is 9.47 Å². The molecule has 0 N–H and O–H groups in total. The molecule has 3 heteroatoms. The van der Waals surface area contributed by atoms with Gasteiger partial charge in [0.15, 0.2) is 0 Å². The van der Waals surface area contributed by atoms with Gasteiger partial charge < -0.3 is 9.47 Å². The minimum absolute atomic E-state index is 0.198. The van der Waals surface area contributed by atoms with E-state index in [1.807, 2.05) is 30.3 Å². The molecule has 0 heterocycles. The van der Waals surface area contributed by atoms with Crippen molar-refractivity contribution >= 4 is 5.97 Å². The molecule has 0 atom stereocenters. The van der Waals surface area contributed by atoms with Crippen LogP contribution in [0.2, 0.25) is 0 Å². The summed E-state index contributed by atoms with van der Waals surface area (Å²) in [5.74, 6) is 0.627. The summed E-state index contributed by atoms with van der Waals surface area (Å²) in [7, 11) is 1.41. The minimum Gasteiger partial charge on any atom is -0.487 e. The van der Waals surface area contributed by atoms with Gasteiger partial charge in [-0.2, -0.15) is 0 Å². The Morgan fingerprint density at radius 3 is 2.50 bits per heavy atom. The van der Waals surface area contributed by atoms with Crippen LogP contribution in [0.4, 0.5) is 0 Å². The number of carbonyl (C=O) groups excluding carboxylic acids is 1. The maximum Gasteiger partial charge on any atom is 0.309 e. The van der Waals surface area contributed by atoms with Crippen LogP contribution in [0.25, 0.3) is 0 Å². The second-order valence-corrected chi connectivity index (χ2v) is 4.20. The lowest BCUT2D eigenvalue weighted by Crippen LogP contribution is -2.45. The standard InChI is InChI=1S/C13H16O3/c1-15-12(14)10-13(8-5-9-13)16-11-6-3-2-4-7-11/h2-4,6-7H,5,8-10H2,1H3. The maximum absolute atomic E-state index is 11.3. The van der Waals surface area contributed by atoms with Gasteiger partial charge in [0.2, 0.25) is 0 Å². The third-order valence-electron chi connectivity index (χ3n) is 3.04. The predicted molar refractivity (Wildman–Crippen MR) is 60.3 cm³/mol. The molecule has 3 nitrogen and oxygen atoms in total. The van der Waals surface area contributed by atoms with Gasteiger partial charge in [0.05, 0.1) is 13.5 Å². The van der Waals surface area contributed by atoms with Gasteiger partial charge in [0.25, 0.3) is 0 Å². The Bertz CT molecular complexity index is 355. The van der Waals surface area contributed by atoms with Crippen molar-refractivity contribution in [3.63, 3.8) is 0 Å². The fourth-order valence-electron chi connectivity index (χ4n) is 1.96. The Morgan fingerprint density at radius 2 is 2.00 bits per heavy atom. The molecule has 1 aromatic carbocycles. The summed E-state index contributed by atoms with van der Waals surface area (Å²) in [6.07, 6.45) is 3.32. The van der Waals surface area contributed by atoms with Gasteiger partial charge in [-0.15, -0.1) is 0 Å². The summed E-state index contributed by atoms with van der Waals surface area (Å²) < 4.78 is 10.6. The van der Waals surface area contributed by atoms with Gasteiger partial charge in [-0.25, -0.2) is 0 Å². The second-order valence-electron chi connectivity index (χ2n) is 4.20. The highest BCUT2D eigenvalue weighted by Gasteiger charge is 2.41. The zero-order chi connectivity index (χ0) is 11.4. The van der Waals surface area contributed by atoms with Crippen molar-refractivity contribution in [2.24, 2.45) is 0 Å². The van der Waals surface area contributed by atoms with E-state index < -0.39 is 0 Å². The highest BCUT2D eigenvalue weighted by Crippen LogP contribution is 2.39. The maximum atomic E-state index is 11.3. The van der Waals surface area contributed by atoms with Crippen molar-refractivity contribution in [3.8, 4) is 5.75 Å². The highest BCUT2D eigenvalue weighted by atomic mass is 16.5. The molecule has 0 radical (unpaired) electrons. The van der Waals surface area contributed by atoms with Gasteiger partial charge in [-0.3, -0.25) is 4.79 Å². The topological polar surface area (TPSA) is 35.5 Å². The van der Waals surface area contributed by atoms with E-state index >= 15 is 0 Å². The highest BCUT2D eigenvalue weighted by molar-refractivity contribution is 5.70. The molecule has 0 spiro atoms. The van der Waals surface area contributed by atoms with E-state index in [1.165, 1.54) is 7.11 Å². The van der Waals surface area contributed by atoms with E-state index in [0.717, 1.165) is 25.0 Å². The Kier molecular flexibility index (Phi) is 3.13. The first-order valence-corrected chi connectivity index (χ1v) is 5.55. The average Bonchev–Trinajstić information content (AvgIpc) is 2.27. The van der Waals surface area contributed by atoms with E-state index in [2.05, 4.69) is 0 Å². The summed E-state index contributed by atoms with van der Waals surface area (Å²) in [5.41, 5.74) is -0.325. The number of benzene rings is 1. The number of esters is 1. The molecule has 86 valence electrons. The first kappa shape index (κ1) is 11.0. The largest absolute Gasteiger partial charge is 0.487 e. The van der Waals surface area contributed by atoms with E-state index in [1.54, 1.807) is 0 Å². The molecule has 0 bridgehead atoms. The number of hydrogen-bond donors (Lipinski definition) is 0. The molecular weight excluding hydrogens is 204 g/mol. The zero-order valence-electron chi connectivity index (χ0n) is 9.44. The summed E-state index contributed by atoms with van der Waals surface area (Å²) in [6.45, 7) is 0. The van der Waals surface area contributed by atoms with Crippen LogP contribution in [0.5, 0.6) is 5.75 Å². The van der Waals surface area contributed by atoms with Gasteiger partial charge in [-0.05, 0) is 31.4 Å². The van der Waals surface area contributed by atoms with E-state index in [0.29, 0.717) is 6.42 Å². The van der Waals surface area contributed by atoms with Gasteiger partial charge in [0.1, 0.15) is 11.4 Å². The summed E-state index contributed by atoms with van der Waals surface area (Å²) >= 11 is 0. The lowest BCUT2D eigenvalue weighted by atomic mass is 9.77. The smallest absolute Gasteiger partial charge is 0.309 e. The summed E-state index contributed by atoms with van der Waals surface area (Å²) in [4.78, 5) is 11.3. The lowest BCUT2D eigenvalue weighted by Gasteiger charge is -2.41. The van der Waals surface area contributed by atoms with E-state index in [9.17, 15) is 4.79 Å². The van der Waals surface area contributed by atoms with Crippen molar-refractivity contribution in [1.29, 1.82) is 0 Å². The molecule has 1 aliphatic carbocycles. The molecule has 1 saturated carbocycles. The van der Waals surface area contributed by atoms with Crippen LogP contribution in [0, 0.1) is 0 Å². The van der Waals surface area contributed by atoms with Crippen molar-refractivity contribution in [2.75, 3.05) is 7.11 Å². The number of hydrogen-bond acceptors (Lipinski definition) is 3. The molecule has 0 aromatic heterocycles. The van der Waals surface area contributed by atoms with Crippen LogP contribution in [-0.2, 0) is 9.53 Å². The molecule has 1 fully saturated rings. The van der Waals surface area contributed by atoms with Crippen molar-refractivity contribution in [3.05, 3.63) is 30.3 Å². The van der Waals surface area contributed by atoms with Crippen LogP contribution in [0.3, 0.4) is 0 Å². The predicted octanol–water partition coefficient (Wildman–Crippen LogP) is 2.55. The van der Waals surface area contributed by atoms with Gasteiger partial charge in [-0.1, -0.05) is 18.2 Å². The zero-order valence-corrected chi connectivity index (χ0v) is 9.44. The van der Waals surface area contributed by atoms with Crippen molar-refractivity contribution in [1.82, 2.24) is 0 Å². The number of para-hydroxylation sites is 1. The Balaban J connectivity index is 2.02. The molecule has 1 aromatic rings.